The van der Waals surface area contributed by atoms with E-state index in [-0.39, 0.29) is 17.7 Å². The Balaban J connectivity index is 2.37. The fourth-order valence-electron chi connectivity index (χ4n) is 1.79. The fraction of sp³-hybridized carbons (Fsp3) is 0.385. The molecule has 0 aliphatic rings. The summed E-state index contributed by atoms with van der Waals surface area (Å²) in [6.45, 7) is 3.90. The molecular weight excluding hydrogens is 233 g/mol. The highest BCUT2D eigenvalue weighted by Gasteiger charge is 2.17. The van der Waals surface area contributed by atoms with Gasteiger partial charge in [-0.05, 0) is 32.5 Å². The van der Waals surface area contributed by atoms with E-state index in [1.807, 2.05) is 20.9 Å². The van der Waals surface area contributed by atoms with Crippen LogP contribution in [0, 0.1) is 12.7 Å². The molecule has 0 aliphatic carbocycles. The smallest absolute Gasteiger partial charge is 0.250 e. The second-order valence-corrected chi connectivity index (χ2v) is 4.18. The van der Waals surface area contributed by atoms with Gasteiger partial charge in [-0.2, -0.15) is 0 Å². The number of nitrogens with one attached hydrogen (secondary N) is 1. The van der Waals surface area contributed by atoms with E-state index in [1.165, 1.54) is 6.07 Å². The van der Waals surface area contributed by atoms with Gasteiger partial charge in [0.2, 0.25) is 5.89 Å². The topological polar surface area (TPSA) is 51.0 Å². The summed E-state index contributed by atoms with van der Waals surface area (Å²) in [4.78, 5) is 0. The first-order valence-electron chi connectivity index (χ1n) is 5.93. The maximum atomic E-state index is 13.7. The maximum Gasteiger partial charge on any atom is 0.250 e. The molecule has 4 nitrogen and oxygen atoms in total. The molecule has 5 heteroatoms. The third-order valence-electron chi connectivity index (χ3n) is 2.85. The normalized spacial score (nSPS) is 12.7. The van der Waals surface area contributed by atoms with Crippen LogP contribution in [0.2, 0.25) is 0 Å². The SMILES string of the molecule is CCC(NC)c1nnc(-c2cc(C)ccc2F)o1. The van der Waals surface area contributed by atoms with E-state index in [4.69, 9.17) is 4.42 Å². The minimum absolute atomic E-state index is 0.000814. The van der Waals surface area contributed by atoms with Crippen LogP contribution in [0.3, 0.4) is 0 Å². The van der Waals surface area contributed by atoms with E-state index in [9.17, 15) is 4.39 Å². The van der Waals surface area contributed by atoms with Crippen LogP contribution in [0.1, 0.15) is 30.8 Å². The monoisotopic (exact) mass is 249 g/mol. The highest BCUT2D eigenvalue weighted by molar-refractivity contribution is 5.54. The lowest BCUT2D eigenvalue weighted by molar-refractivity contribution is 0.414. The van der Waals surface area contributed by atoms with E-state index in [1.54, 1.807) is 12.1 Å². The molecule has 0 bridgehead atoms. The zero-order valence-electron chi connectivity index (χ0n) is 10.7. The average molecular weight is 249 g/mol. The van der Waals surface area contributed by atoms with Crippen molar-refractivity contribution in [1.29, 1.82) is 0 Å². The zero-order valence-corrected chi connectivity index (χ0v) is 10.7. The Morgan fingerprint density at radius 1 is 1.39 bits per heavy atom. The molecule has 1 unspecified atom stereocenters. The highest BCUT2D eigenvalue weighted by atomic mass is 19.1. The fourth-order valence-corrected chi connectivity index (χ4v) is 1.79. The second kappa shape index (κ2) is 5.27. The Morgan fingerprint density at radius 2 is 2.17 bits per heavy atom. The molecule has 0 saturated heterocycles. The van der Waals surface area contributed by atoms with Gasteiger partial charge < -0.3 is 9.73 Å². The Hall–Kier alpha value is -1.75. The summed E-state index contributed by atoms with van der Waals surface area (Å²) < 4.78 is 19.2. The summed E-state index contributed by atoms with van der Waals surface area (Å²) in [7, 11) is 1.82. The number of rotatable bonds is 4. The summed E-state index contributed by atoms with van der Waals surface area (Å²) >= 11 is 0. The van der Waals surface area contributed by atoms with Gasteiger partial charge in [0.15, 0.2) is 0 Å². The standard InChI is InChI=1S/C13H16FN3O/c1-4-11(15-3)13-17-16-12(18-13)9-7-8(2)5-6-10(9)14/h5-7,11,15H,4H2,1-3H3. The van der Waals surface area contributed by atoms with E-state index >= 15 is 0 Å². The number of aromatic nitrogens is 2. The van der Waals surface area contributed by atoms with Crippen LogP contribution in [0.25, 0.3) is 11.5 Å². The molecule has 0 aliphatic heterocycles. The predicted octanol–water partition coefficient (Wildman–Crippen LogP) is 2.85. The van der Waals surface area contributed by atoms with Crippen LogP contribution >= 0.6 is 0 Å². The molecule has 0 amide bonds. The van der Waals surface area contributed by atoms with Gasteiger partial charge in [0, 0.05) is 0 Å². The van der Waals surface area contributed by atoms with Crippen molar-refractivity contribution >= 4 is 0 Å². The number of aryl methyl sites for hydroxylation is 1. The van der Waals surface area contributed by atoms with Crippen molar-refractivity contribution in [3.8, 4) is 11.5 Å². The van der Waals surface area contributed by atoms with E-state index < -0.39 is 0 Å². The van der Waals surface area contributed by atoms with Crippen molar-refractivity contribution in [2.24, 2.45) is 0 Å². The molecule has 0 saturated carbocycles. The van der Waals surface area contributed by atoms with E-state index in [0.29, 0.717) is 11.5 Å². The largest absolute Gasteiger partial charge is 0.419 e. The molecule has 0 spiro atoms. The summed E-state index contributed by atoms with van der Waals surface area (Å²) in [5.41, 5.74) is 1.30. The Bertz CT molecular complexity index is 535. The number of hydrogen-bond donors (Lipinski definition) is 1. The number of benzene rings is 1. The summed E-state index contributed by atoms with van der Waals surface area (Å²) in [6, 6.07) is 4.81. The van der Waals surface area contributed by atoms with Crippen molar-refractivity contribution in [3.05, 3.63) is 35.5 Å². The lowest BCUT2D eigenvalue weighted by Crippen LogP contribution is -2.15. The third kappa shape index (κ3) is 2.41. The average Bonchev–Trinajstić information content (AvgIpc) is 2.83. The molecule has 2 rings (SSSR count). The molecule has 1 aromatic carbocycles. The number of hydrogen-bond acceptors (Lipinski definition) is 4. The molecule has 96 valence electrons. The Labute approximate surface area is 105 Å². The molecule has 1 atom stereocenters. The summed E-state index contributed by atoms with van der Waals surface area (Å²) in [5.74, 6) is 0.351. The van der Waals surface area contributed by atoms with Gasteiger partial charge in [-0.25, -0.2) is 4.39 Å². The van der Waals surface area contributed by atoms with Gasteiger partial charge in [0.05, 0.1) is 11.6 Å². The number of nitrogens with zero attached hydrogens (tertiary/aromatic N) is 2. The molecule has 2 aromatic rings. The van der Waals surface area contributed by atoms with E-state index in [2.05, 4.69) is 15.5 Å². The van der Waals surface area contributed by atoms with Crippen molar-refractivity contribution < 1.29 is 8.81 Å². The van der Waals surface area contributed by atoms with Crippen molar-refractivity contribution in [3.63, 3.8) is 0 Å². The van der Waals surface area contributed by atoms with Crippen LogP contribution in [0.15, 0.2) is 22.6 Å². The van der Waals surface area contributed by atoms with Gasteiger partial charge in [0.25, 0.3) is 5.89 Å². The van der Waals surface area contributed by atoms with Gasteiger partial charge in [0.1, 0.15) is 5.82 Å². The van der Waals surface area contributed by atoms with Crippen LogP contribution in [-0.2, 0) is 0 Å². The van der Waals surface area contributed by atoms with Crippen molar-refractivity contribution in [2.75, 3.05) is 7.05 Å². The molecule has 0 fully saturated rings. The molecular formula is C13H16FN3O. The van der Waals surface area contributed by atoms with Gasteiger partial charge in [-0.15, -0.1) is 10.2 Å². The molecule has 1 heterocycles. The van der Waals surface area contributed by atoms with Gasteiger partial charge in [-0.1, -0.05) is 18.6 Å². The molecule has 18 heavy (non-hydrogen) atoms. The first-order chi connectivity index (χ1) is 8.65. The first-order valence-corrected chi connectivity index (χ1v) is 5.93. The molecule has 0 radical (unpaired) electrons. The minimum Gasteiger partial charge on any atom is -0.419 e. The van der Waals surface area contributed by atoms with Crippen molar-refractivity contribution in [1.82, 2.24) is 15.5 Å². The van der Waals surface area contributed by atoms with Crippen LogP contribution < -0.4 is 5.32 Å². The Kier molecular flexibility index (Phi) is 3.72. The zero-order chi connectivity index (χ0) is 13.1. The highest BCUT2D eigenvalue weighted by Crippen LogP contribution is 2.25. The molecule has 1 N–H and O–H groups in total. The van der Waals surface area contributed by atoms with Crippen molar-refractivity contribution in [2.45, 2.75) is 26.3 Å². The van der Waals surface area contributed by atoms with Gasteiger partial charge >= 0.3 is 0 Å². The quantitative estimate of drug-likeness (QED) is 0.905. The second-order valence-electron chi connectivity index (χ2n) is 4.18. The lowest BCUT2D eigenvalue weighted by Gasteiger charge is -2.07. The third-order valence-corrected chi connectivity index (χ3v) is 2.85. The molecule has 1 aromatic heterocycles. The van der Waals surface area contributed by atoms with E-state index in [0.717, 1.165) is 12.0 Å². The Morgan fingerprint density at radius 3 is 2.83 bits per heavy atom. The van der Waals surface area contributed by atoms with Crippen LogP contribution in [-0.4, -0.2) is 17.2 Å². The van der Waals surface area contributed by atoms with Gasteiger partial charge in [-0.3, -0.25) is 0 Å². The summed E-state index contributed by atoms with van der Waals surface area (Å²) in [6.07, 6.45) is 0.828. The number of halogens is 1. The van der Waals surface area contributed by atoms with Crippen LogP contribution in [0.4, 0.5) is 4.39 Å². The minimum atomic E-state index is -0.353. The first kappa shape index (κ1) is 12.7. The lowest BCUT2D eigenvalue weighted by atomic mass is 10.1. The predicted molar refractivity (Wildman–Crippen MR) is 66.5 cm³/mol. The van der Waals surface area contributed by atoms with Crippen LogP contribution in [0.5, 0.6) is 0 Å². The summed E-state index contributed by atoms with van der Waals surface area (Å²) in [5, 5.41) is 10.9. The maximum absolute atomic E-state index is 13.7.